The maximum atomic E-state index is 11.8. The van der Waals surface area contributed by atoms with Gasteiger partial charge in [0.1, 0.15) is 11.5 Å². The molecule has 0 bridgehead atoms. The van der Waals surface area contributed by atoms with Gasteiger partial charge in [0.25, 0.3) is 0 Å². The normalized spacial score (nSPS) is 11.4. The third kappa shape index (κ3) is 4.06. The van der Waals surface area contributed by atoms with E-state index in [2.05, 4.69) is 26.5 Å². The van der Waals surface area contributed by atoms with Gasteiger partial charge >= 0.3 is 0 Å². The number of carbonyl (C=O) groups is 1. The molecule has 1 amide bonds. The number of amides is 1. The van der Waals surface area contributed by atoms with Crippen molar-refractivity contribution < 1.29 is 9.21 Å². The van der Waals surface area contributed by atoms with Crippen molar-refractivity contribution in [3.8, 4) is 0 Å². The molecule has 2 aromatic rings. The number of benzene rings is 1. The molecule has 1 heterocycles. The predicted octanol–water partition coefficient (Wildman–Crippen LogP) is 3.52. The zero-order valence-electron chi connectivity index (χ0n) is 11.1. The van der Waals surface area contributed by atoms with Crippen LogP contribution in [-0.4, -0.2) is 11.6 Å². The summed E-state index contributed by atoms with van der Waals surface area (Å²) in [7, 11) is 0. The minimum atomic E-state index is -0.148. The van der Waals surface area contributed by atoms with Crippen molar-refractivity contribution in [3.05, 3.63) is 58.5 Å². The molecular formula is C15H15BrN2O2. The van der Waals surface area contributed by atoms with E-state index in [4.69, 9.17) is 4.42 Å². The number of halogens is 1. The van der Waals surface area contributed by atoms with Gasteiger partial charge in [-0.2, -0.15) is 5.10 Å². The van der Waals surface area contributed by atoms with E-state index in [0.717, 1.165) is 15.7 Å². The molecule has 1 N–H and O–H groups in total. The molecule has 1 aromatic carbocycles. The highest BCUT2D eigenvalue weighted by atomic mass is 79.9. The van der Waals surface area contributed by atoms with Gasteiger partial charge in [-0.25, -0.2) is 5.43 Å². The summed E-state index contributed by atoms with van der Waals surface area (Å²) in [5, 5.41) is 4.11. The number of furan rings is 1. The first-order valence-electron chi connectivity index (χ1n) is 6.32. The van der Waals surface area contributed by atoms with Crippen LogP contribution in [0.3, 0.4) is 0 Å². The van der Waals surface area contributed by atoms with Gasteiger partial charge in [-0.3, -0.25) is 4.79 Å². The standard InChI is InChI=1S/C15H15BrN2O2/c1-2-13(14-4-3-9-20-14)17-18-15(19)10-11-5-7-12(16)8-6-11/h3-9H,2,10H2,1H3,(H,18,19)/b17-13-. The van der Waals surface area contributed by atoms with Crippen molar-refractivity contribution in [3.63, 3.8) is 0 Å². The molecule has 0 atom stereocenters. The van der Waals surface area contributed by atoms with E-state index < -0.39 is 0 Å². The second-order valence-electron chi connectivity index (χ2n) is 4.23. The van der Waals surface area contributed by atoms with E-state index in [1.165, 1.54) is 0 Å². The average molecular weight is 335 g/mol. The molecule has 4 nitrogen and oxygen atoms in total. The zero-order chi connectivity index (χ0) is 14.4. The molecule has 0 unspecified atom stereocenters. The second-order valence-corrected chi connectivity index (χ2v) is 5.14. The Labute approximate surface area is 126 Å². The third-order valence-electron chi connectivity index (χ3n) is 2.73. The Hall–Kier alpha value is -1.88. The lowest BCUT2D eigenvalue weighted by atomic mass is 10.1. The molecule has 0 aliphatic rings. The molecule has 1 aromatic heterocycles. The molecule has 0 fully saturated rings. The zero-order valence-corrected chi connectivity index (χ0v) is 12.7. The van der Waals surface area contributed by atoms with Gasteiger partial charge in [0.15, 0.2) is 0 Å². The van der Waals surface area contributed by atoms with E-state index >= 15 is 0 Å². The molecule has 2 rings (SSSR count). The summed E-state index contributed by atoms with van der Waals surface area (Å²) in [4.78, 5) is 11.8. The van der Waals surface area contributed by atoms with Gasteiger partial charge in [0.2, 0.25) is 5.91 Å². The van der Waals surface area contributed by atoms with Crippen LogP contribution in [0.4, 0.5) is 0 Å². The number of carbonyl (C=O) groups excluding carboxylic acids is 1. The average Bonchev–Trinajstić information content (AvgIpc) is 2.96. The summed E-state index contributed by atoms with van der Waals surface area (Å²) in [6.45, 7) is 1.96. The van der Waals surface area contributed by atoms with Crippen LogP contribution >= 0.6 is 15.9 Å². The molecule has 0 aliphatic heterocycles. The first-order valence-corrected chi connectivity index (χ1v) is 7.12. The summed E-state index contributed by atoms with van der Waals surface area (Å²) in [6.07, 6.45) is 2.57. The molecule has 0 aliphatic carbocycles. The highest BCUT2D eigenvalue weighted by Gasteiger charge is 2.06. The highest BCUT2D eigenvalue weighted by molar-refractivity contribution is 9.10. The van der Waals surface area contributed by atoms with Crippen LogP contribution in [0.15, 0.2) is 56.7 Å². The summed E-state index contributed by atoms with van der Waals surface area (Å²) < 4.78 is 6.25. The Kier molecular flexibility index (Phi) is 5.12. The lowest BCUT2D eigenvalue weighted by Crippen LogP contribution is -2.21. The molecule has 0 radical (unpaired) electrons. The van der Waals surface area contributed by atoms with Crippen molar-refractivity contribution in [1.29, 1.82) is 0 Å². The topological polar surface area (TPSA) is 54.6 Å². The lowest BCUT2D eigenvalue weighted by Gasteiger charge is -2.03. The molecule has 104 valence electrons. The maximum absolute atomic E-state index is 11.8. The SMILES string of the molecule is CC/C(=N/NC(=O)Cc1ccc(Br)cc1)c1ccco1. The van der Waals surface area contributed by atoms with E-state index in [-0.39, 0.29) is 5.91 Å². The second kappa shape index (κ2) is 7.05. The summed E-state index contributed by atoms with van der Waals surface area (Å²) >= 11 is 3.36. The Morgan fingerprint density at radius 1 is 1.30 bits per heavy atom. The number of nitrogens with zero attached hydrogens (tertiary/aromatic N) is 1. The Bertz CT molecular complexity index is 589. The van der Waals surface area contributed by atoms with E-state index in [1.807, 2.05) is 37.3 Å². The quantitative estimate of drug-likeness (QED) is 0.671. The van der Waals surface area contributed by atoms with Crippen LogP contribution < -0.4 is 5.43 Å². The van der Waals surface area contributed by atoms with E-state index in [9.17, 15) is 4.79 Å². The first-order chi connectivity index (χ1) is 9.69. The van der Waals surface area contributed by atoms with E-state index in [0.29, 0.717) is 18.6 Å². The van der Waals surface area contributed by atoms with Crippen LogP contribution in [-0.2, 0) is 11.2 Å². The fourth-order valence-electron chi connectivity index (χ4n) is 1.71. The number of rotatable bonds is 5. The van der Waals surface area contributed by atoms with Gasteiger partial charge in [-0.1, -0.05) is 35.0 Å². The number of hydrogen-bond acceptors (Lipinski definition) is 3. The van der Waals surface area contributed by atoms with E-state index in [1.54, 1.807) is 12.3 Å². The van der Waals surface area contributed by atoms with Crippen LogP contribution in [0.1, 0.15) is 24.7 Å². The fraction of sp³-hybridized carbons (Fsp3) is 0.200. The van der Waals surface area contributed by atoms with Crippen molar-refractivity contribution in [2.24, 2.45) is 5.10 Å². The first kappa shape index (κ1) is 14.5. The third-order valence-corrected chi connectivity index (χ3v) is 3.26. The maximum Gasteiger partial charge on any atom is 0.244 e. The predicted molar refractivity (Wildman–Crippen MR) is 81.5 cm³/mol. The van der Waals surface area contributed by atoms with Gasteiger partial charge < -0.3 is 4.42 Å². The molecular weight excluding hydrogens is 320 g/mol. The largest absolute Gasteiger partial charge is 0.463 e. The van der Waals surface area contributed by atoms with Crippen LogP contribution in [0, 0.1) is 0 Å². The monoisotopic (exact) mass is 334 g/mol. The number of hydrogen-bond donors (Lipinski definition) is 1. The molecule has 0 spiro atoms. The fourth-order valence-corrected chi connectivity index (χ4v) is 1.97. The Morgan fingerprint density at radius 2 is 2.05 bits per heavy atom. The van der Waals surface area contributed by atoms with Crippen LogP contribution in [0.25, 0.3) is 0 Å². The highest BCUT2D eigenvalue weighted by Crippen LogP contribution is 2.11. The van der Waals surface area contributed by atoms with Crippen molar-refractivity contribution in [2.75, 3.05) is 0 Å². The number of nitrogens with one attached hydrogen (secondary N) is 1. The van der Waals surface area contributed by atoms with Crippen molar-refractivity contribution in [1.82, 2.24) is 5.43 Å². The molecule has 0 saturated carbocycles. The molecule has 5 heteroatoms. The smallest absolute Gasteiger partial charge is 0.244 e. The Balaban J connectivity index is 1.95. The Morgan fingerprint density at radius 3 is 2.65 bits per heavy atom. The van der Waals surface area contributed by atoms with Gasteiger partial charge in [-0.05, 0) is 36.2 Å². The lowest BCUT2D eigenvalue weighted by molar-refractivity contribution is -0.120. The number of hydrazone groups is 1. The van der Waals surface area contributed by atoms with Gasteiger partial charge in [-0.15, -0.1) is 0 Å². The van der Waals surface area contributed by atoms with Crippen LogP contribution in [0.2, 0.25) is 0 Å². The summed E-state index contributed by atoms with van der Waals surface area (Å²) in [5.74, 6) is 0.529. The van der Waals surface area contributed by atoms with Gasteiger partial charge in [0.05, 0.1) is 12.7 Å². The molecule has 0 saturated heterocycles. The van der Waals surface area contributed by atoms with Gasteiger partial charge in [0, 0.05) is 4.47 Å². The minimum absolute atomic E-state index is 0.148. The van der Waals surface area contributed by atoms with Crippen LogP contribution in [0.5, 0.6) is 0 Å². The minimum Gasteiger partial charge on any atom is -0.463 e. The molecule has 20 heavy (non-hydrogen) atoms. The summed E-state index contributed by atoms with van der Waals surface area (Å²) in [5.41, 5.74) is 4.23. The van der Waals surface area contributed by atoms with Crippen molar-refractivity contribution >= 4 is 27.5 Å². The summed E-state index contributed by atoms with van der Waals surface area (Å²) in [6, 6.07) is 11.2. The van der Waals surface area contributed by atoms with Crippen molar-refractivity contribution in [2.45, 2.75) is 19.8 Å².